The predicted octanol–water partition coefficient (Wildman–Crippen LogP) is 3.20. The van der Waals surface area contributed by atoms with Gasteiger partial charge in [-0.1, -0.05) is 35.7 Å². The average molecular weight is 274 g/mol. The number of hydrogen-bond acceptors (Lipinski definition) is 2. The van der Waals surface area contributed by atoms with Gasteiger partial charge in [-0.15, -0.1) is 0 Å². The van der Waals surface area contributed by atoms with Crippen molar-refractivity contribution in [2.75, 3.05) is 6.54 Å². The maximum atomic E-state index is 10.3. The molecule has 1 saturated carbocycles. The first-order valence-electron chi connectivity index (χ1n) is 5.96. The largest absolute Gasteiger partial charge is 0.392 e. The Labute approximate surface area is 112 Å². The van der Waals surface area contributed by atoms with Crippen LogP contribution in [0, 0.1) is 5.92 Å². The fourth-order valence-electron chi connectivity index (χ4n) is 2.33. The second kappa shape index (κ2) is 5.57. The molecule has 1 aromatic rings. The molecular weight excluding hydrogens is 257 g/mol. The van der Waals surface area contributed by atoms with Crippen molar-refractivity contribution in [1.82, 2.24) is 0 Å². The summed E-state index contributed by atoms with van der Waals surface area (Å²) in [6.45, 7) is 0.426. The van der Waals surface area contributed by atoms with Crippen LogP contribution in [0.2, 0.25) is 10.0 Å². The van der Waals surface area contributed by atoms with Crippen molar-refractivity contribution in [2.24, 2.45) is 11.7 Å². The fraction of sp³-hybridized carbons (Fsp3) is 0.538. The van der Waals surface area contributed by atoms with Crippen LogP contribution in [0.5, 0.6) is 0 Å². The van der Waals surface area contributed by atoms with E-state index >= 15 is 0 Å². The summed E-state index contributed by atoms with van der Waals surface area (Å²) < 4.78 is 0. The second-order valence-electron chi connectivity index (χ2n) is 4.70. The first-order chi connectivity index (χ1) is 8.13. The predicted molar refractivity (Wildman–Crippen MR) is 71.6 cm³/mol. The van der Waals surface area contributed by atoms with Gasteiger partial charge in [0.2, 0.25) is 0 Å². The number of benzene rings is 1. The van der Waals surface area contributed by atoms with Crippen LogP contribution < -0.4 is 5.73 Å². The lowest BCUT2D eigenvalue weighted by Crippen LogP contribution is -2.35. The van der Waals surface area contributed by atoms with E-state index in [9.17, 15) is 5.11 Å². The zero-order valence-corrected chi connectivity index (χ0v) is 11.1. The summed E-state index contributed by atoms with van der Waals surface area (Å²) in [6.07, 6.45) is 3.03. The first kappa shape index (κ1) is 13.2. The molecule has 2 nitrogen and oxygen atoms in total. The molecule has 0 heterocycles. The number of hydrogen-bond donors (Lipinski definition) is 2. The smallest absolute Gasteiger partial charge is 0.0648 e. The molecule has 0 bridgehead atoms. The van der Waals surface area contributed by atoms with Gasteiger partial charge in [0, 0.05) is 12.5 Å². The van der Waals surface area contributed by atoms with Gasteiger partial charge in [-0.25, -0.2) is 0 Å². The normalized spacial score (nSPS) is 19.8. The zero-order valence-electron chi connectivity index (χ0n) is 9.57. The molecule has 17 heavy (non-hydrogen) atoms. The number of halogens is 2. The summed E-state index contributed by atoms with van der Waals surface area (Å²) in [7, 11) is 0. The second-order valence-corrected chi connectivity index (χ2v) is 5.51. The quantitative estimate of drug-likeness (QED) is 0.885. The molecule has 1 aliphatic rings. The van der Waals surface area contributed by atoms with Gasteiger partial charge in [-0.3, -0.25) is 0 Å². The number of nitrogens with two attached hydrogens (primary N) is 1. The highest BCUT2D eigenvalue weighted by Crippen LogP contribution is 2.37. The zero-order chi connectivity index (χ0) is 12.4. The van der Waals surface area contributed by atoms with E-state index in [-0.39, 0.29) is 12.0 Å². The summed E-state index contributed by atoms with van der Waals surface area (Å²) in [6, 6.07) is 5.46. The maximum absolute atomic E-state index is 10.3. The van der Waals surface area contributed by atoms with Gasteiger partial charge in [0.15, 0.2) is 0 Å². The summed E-state index contributed by atoms with van der Waals surface area (Å²) in [5.41, 5.74) is 6.75. The van der Waals surface area contributed by atoms with E-state index in [4.69, 9.17) is 28.9 Å². The Balaban J connectivity index is 2.18. The van der Waals surface area contributed by atoms with E-state index in [1.165, 1.54) is 6.42 Å². The molecule has 2 rings (SSSR count). The van der Waals surface area contributed by atoms with E-state index in [2.05, 4.69) is 0 Å². The van der Waals surface area contributed by atoms with Gasteiger partial charge in [-0.2, -0.15) is 0 Å². The highest BCUT2D eigenvalue weighted by Gasteiger charge is 2.32. The third kappa shape index (κ3) is 2.76. The SMILES string of the molecule is NCC(c1ccc(Cl)c(Cl)c1)C(O)C1CCC1. The Morgan fingerprint density at radius 1 is 1.29 bits per heavy atom. The molecule has 4 heteroatoms. The molecule has 0 aromatic heterocycles. The van der Waals surface area contributed by atoms with Gasteiger partial charge in [0.1, 0.15) is 0 Å². The molecule has 3 N–H and O–H groups in total. The number of rotatable bonds is 4. The molecule has 1 aromatic carbocycles. The molecule has 2 atom stereocenters. The van der Waals surface area contributed by atoms with Gasteiger partial charge < -0.3 is 10.8 Å². The molecule has 1 fully saturated rings. The molecule has 94 valence electrons. The molecule has 2 unspecified atom stereocenters. The Hall–Kier alpha value is -0.280. The molecule has 1 aliphatic carbocycles. The Morgan fingerprint density at radius 3 is 2.47 bits per heavy atom. The Bertz CT molecular complexity index is 393. The summed E-state index contributed by atoms with van der Waals surface area (Å²) >= 11 is 11.9. The lowest BCUT2D eigenvalue weighted by Gasteiger charge is -2.35. The highest BCUT2D eigenvalue weighted by molar-refractivity contribution is 6.42. The van der Waals surface area contributed by atoms with Crippen LogP contribution in [0.15, 0.2) is 18.2 Å². The molecule has 0 aliphatic heterocycles. The van der Waals surface area contributed by atoms with Crippen LogP contribution >= 0.6 is 23.2 Å². The van der Waals surface area contributed by atoms with Crippen molar-refractivity contribution in [2.45, 2.75) is 31.3 Å². The topological polar surface area (TPSA) is 46.2 Å². The van der Waals surface area contributed by atoms with Crippen molar-refractivity contribution in [1.29, 1.82) is 0 Å². The number of aliphatic hydroxyl groups is 1. The van der Waals surface area contributed by atoms with Crippen LogP contribution in [-0.4, -0.2) is 17.8 Å². The summed E-state index contributed by atoms with van der Waals surface area (Å²) in [5.74, 6) is 0.341. The standard InChI is InChI=1S/C13H17Cl2NO/c14-11-5-4-9(6-12(11)15)10(7-16)13(17)8-2-1-3-8/h4-6,8,10,13,17H,1-3,7,16H2. The lowest BCUT2D eigenvalue weighted by atomic mass is 9.75. The molecule has 0 amide bonds. The van der Waals surface area contributed by atoms with Gasteiger partial charge in [0.05, 0.1) is 16.1 Å². The third-order valence-corrected chi connectivity index (χ3v) is 4.41. The minimum Gasteiger partial charge on any atom is -0.392 e. The van der Waals surface area contributed by atoms with Crippen molar-refractivity contribution in [3.63, 3.8) is 0 Å². The van der Waals surface area contributed by atoms with E-state index in [1.54, 1.807) is 6.07 Å². The van der Waals surface area contributed by atoms with Crippen LogP contribution in [0.3, 0.4) is 0 Å². The van der Waals surface area contributed by atoms with E-state index in [0.29, 0.717) is 22.5 Å². The summed E-state index contributed by atoms with van der Waals surface area (Å²) in [4.78, 5) is 0. The molecule has 0 radical (unpaired) electrons. The molecule has 0 saturated heterocycles. The monoisotopic (exact) mass is 273 g/mol. The summed E-state index contributed by atoms with van der Waals surface area (Å²) in [5, 5.41) is 11.3. The maximum Gasteiger partial charge on any atom is 0.0648 e. The van der Waals surface area contributed by atoms with Crippen LogP contribution in [0.1, 0.15) is 30.7 Å². The van der Waals surface area contributed by atoms with Crippen molar-refractivity contribution in [3.05, 3.63) is 33.8 Å². The van der Waals surface area contributed by atoms with Gasteiger partial charge in [0.25, 0.3) is 0 Å². The molecule has 0 spiro atoms. The van der Waals surface area contributed by atoms with Crippen molar-refractivity contribution in [3.8, 4) is 0 Å². The minimum absolute atomic E-state index is 0.0462. The van der Waals surface area contributed by atoms with Crippen molar-refractivity contribution < 1.29 is 5.11 Å². The van der Waals surface area contributed by atoms with E-state index in [1.807, 2.05) is 12.1 Å². The van der Waals surface area contributed by atoms with E-state index in [0.717, 1.165) is 18.4 Å². The lowest BCUT2D eigenvalue weighted by molar-refractivity contribution is 0.0420. The van der Waals surface area contributed by atoms with Gasteiger partial charge >= 0.3 is 0 Å². The Kier molecular flexibility index (Phi) is 4.31. The van der Waals surface area contributed by atoms with Crippen molar-refractivity contribution >= 4 is 23.2 Å². The van der Waals surface area contributed by atoms with Gasteiger partial charge in [-0.05, 0) is 36.5 Å². The van der Waals surface area contributed by atoms with Crippen LogP contribution in [0.4, 0.5) is 0 Å². The minimum atomic E-state index is -0.369. The third-order valence-electron chi connectivity index (χ3n) is 3.67. The highest BCUT2D eigenvalue weighted by atomic mass is 35.5. The first-order valence-corrected chi connectivity index (χ1v) is 6.72. The van der Waals surface area contributed by atoms with Crippen LogP contribution in [0.25, 0.3) is 0 Å². The number of aliphatic hydroxyl groups excluding tert-OH is 1. The Morgan fingerprint density at radius 2 is 2.00 bits per heavy atom. The van der Waals surface area contributed by atoms with E-state index < -0.39 is 0 Å². The van der Waals surface area contributed by atoms with Crippen LogP contribution in [-0.2, 0) is 0 Å². The fourth-order valence-corrected chi connectivity index (χ4v) is 2.63. The molecular formula is C13H17Cl2NO. The average Bonchev–Trinajstić information content (AvgIpc) is 2.22.